The first-order valence-electron chi connectivity index (χ1n) is 7.51. The molecular weight excluding hydrogens is 348 g/mol. The van der Waals surface area contributed by atoms with Crippen molar-refractivity contribution in [2.75, 3.05) is 5.32 Å². The van der Waals surface area contributed by atoms with Crippen LogP contribution >= 0.6 is 0 Å². The molecule has 1 heterocycles. The summed E-state index contributed by atoms with van der Waals surface area (Å²) in [5.74, 6) is -0.734. The van der Waals surface area contributed by atoms with Crippen molar-refractivity contribution in [3.05, 3.63) is 82.9 Å². The van der Waals surface area contributed by atoms with E-state index < -0.39 is 23.6 Å². The molecule has 3 rings (SSSR count). The van der Waals surface area contributed by atoms with E-state index >= 15 is 0 Å². The van der Waals surface area contributed by atoms with Gasteiger partial charge in [-0.05, 0) is 29.8 Å². The van der Waals surface area contributed by atoms with Crippen molar-refractivity contribution in [3.8, 4) is 6.07 Å². The summed E-state index contributed by atoms with van der Waals surface area (Å²) in [4.78, 5) is 0. The molecule has 0 amide bonds. The van der Waals surface area contributed by atoms with Crippen LogP contribution in [0.25, 0.3) is 0 Å². The molecule has 1 aromatic heterocycles. The van der Waals surface area contributed by atoms with Crippen molar-refractivity contribution >= 4 is 5.69 Å². The maximum absolute atomic E-state index is 14.2. The van der Waals surface area contributed by atoms with E-state index in [1.54, 1.807) is 6.07 Å². The van der Waals surface area contributed by atoms with E-state index in [1.165, 1.54) is 42.7 Å². The first-order chi connectivity index (χ1) is 12.4. The van der Waals surface area contributed by atoms with Gasteiger partial charge in [-0.1, -0.05) is 18.2 Å². The number of nitrogens with zero attached hydrogens (tertiary/aromatic N) is 2. The predicted octanol–water partition coefficient (Wildman–Crippen LogP) is 4.64. The molecule has 3 aromatic rings. The van der Waals surface area contributed by atoms with Crippen LogP contribution in [0.1, 0.15) is 28.3 Å². The highest BCUT2D eigenvalue weighted by atomic mass is 19.4. The summed E-state index contributed by atoms with van der Waals surface area (Å²) in [6, 6.07) is 9.60. The number of anilines is 1. The molecule has 26 heavy (non-hydrogen) atoms. The number of nitriles is 1. The number of alkyl halides is 3. The lowest BCUT2D eigenvalue weighted by Crippen LogP contribution is -2.18. The Bertz CT molecular complexity index is 943. The number of halogens is 4. The highest BCUT2D eigenvalue weighted by Crippen LogP contribution is 2.38. The molecule has 132 valence electrons. The summed E-state index contributed by atoms with van der Waals surface area (Å²) >= 11 is 0. The molecule has 8 heteroatoms. The molecule has 2 aromatic carbocycles. The Kier molecular flexibility index (Phi) is 4.63. The van der Waals surface area contributed by atoms with Gasteiger partial charge >= 0.3 is 6.18 Å². The third-order valence-corrected chi connectivity index (χ3v) is 3.83. The molecule has 0 saturated heterocycles. The van der Waals surface area contributed by atoms with Gasteiger partial charge in [-0.3, -0.25) is 5.10 Å². The van der Waals surface area contributed by atoms with Gasteiger partial charge in [-0.2, -0.15) is 23.5 Å². The van der Waals surface area contributed by atoms with Gasteiger partial charge in [0, 0.05) is 11.8 Å². The fourth-order valence-corrected chi connectivity index (χ4v) is 2.62. The molecule has 1 atom stereocenters. The number of hydrogen-bond donors (Lipinski definition) is 2. The Balaban J connectivity index is 2.08. The van der Waals surface area contributed by atoms with Gasteiger partial charge in [0.05, 0.1) is 35.1 Å². The van der Waals surface area contributed by atoms with Crippen LogP contribution in [-0.2, 0) is 6.18 Å². The standard InChI is InChI=1S/C18H12F4N4/c19-15-7-11(8-23)5-6-16(15)26-17(12-9-24-25-10-12)13-3-1-2-4-14(13)18(20,21)22/h1-7,9-10,17,26H,(H,24,25). The molecule has 0 aliphatic carbocycles. The van der Waals surface area contributed by atoms with Gasteiger partial charge in [0.1, 0.15) is 5.82 Å². The quantitative estimate of drug-likeness (QED) is 0.666. The molecule has 0 bridgehead atoms. The Morgan fingerprint density at radius 3 is 2.54 bits per heavy atom. The topological polar surface area (TPSA) is 64.5 Å². The van der Waals surface area contributed by atoms with Crippen molar-refractivity contribution in [2.24, 2.45) is 0 Å². The van der Waals surface area contributed by atoms with Gasteiger partial charge in [-0.25, -0.2) is 4.39 Å². The molecule has 0 fully saturated rings. The molecular formula is C18H12F4N4. The minimum absolute atomic E-state index is 0.0211. The molecule has 2 N–H and O–H groups in total. The zero-order valence-electron chi connectivity index (χ0n) is 13.2. The molecule has 0 aliphatic heterocycles. The Hall–Kier alpha value is -3.34. The number of aromatic amines is 1. The average molecular weight is 360 g/mol. The Labute approximate surface area is 146 Å². The zero-order chi connectivity index (χ0) is 18.7. The second-order valence-electron chi connectivity index (χ2n) is 5.50. The normalized spacial score (nSPS) is 12.4. The number of nitrogens with one attached hydrogen (secondary N) is 2. The Morgan fingerprint density at radius 2 is 1.92 bits per heavy atom. The van der Waals surface area contributed by atoms with Crippen LogP contribution in [0.2, 0.25) is 0 Å². The summed E-state index contributed by atoms with van der Waals surface area (Å²) in [7, 11) is 0. The van der Waals surface area contributed by atoms with Crippen LogP contribution in [-0.4, -0.2) is 10.2 Å². The lowest BCUT2D eigenvalue weighted by molar-refractivity contribution is -0.138. The second kappa shape index (κ2) is 6.88. The summed E-state index contributed by atoms with van der Waals surface area (Å²) in [6.07, 6.45) is -1.76. The summed E-state index contributed by atoms with van der Waals surface area (Å²) in [5, 5.41) is 17.9. The summed E-state index contributed by atoms with van der Waals surface area (Å²) < 4.78 is 54.4. The van der Waals surface area contributed by atoms with Crippen molar-refractivity contribution in [2.45, 2.75) is 12.2 Å². The molecule has 0 radical (unpaired) electrons. The average Bonchev–Trinajstić information content (AvgIpc) is 3.14. The van der Waals surface area contributed by atoms with Crippen LogP contribution in [0.3, 0.4) is 0 Å². The molecule has 4 nitrogen and oxygen atoms in total. The lowest BCUT2D eigenvalue weighted by atomic mass is 9.95. The number of aromatic nitrogens is 2. The zero-order valence-corrected chi connectivity index (χ0v) is 13.2. The predicted molar refractivity (Wildman–Crippen MR) is 86.6 cm³/mol. The SMILES string of the molecule is N#Cc1ccc(NC(c2cn[nH]c2)c2ccccc2C(F)(F)F)c(F)c1. The monoisotopic (exact) mass is 360 g/mol. The Morgan fingerprint density at radius 1 is 1.15 bits per heavy atom. The van der Waals surface area contributed by atoms with Gasteiger partial charge in [0.15, 0.2) is 0 Å². The molecule has 0 aliphatic rings. The van der Waals surface area contributed by atoms with Gasteiger partial charge in [-0.15, -0.1) is 0 Å². The van der Waals surface area contributed by atoms with E-state index in [2.05, 4.69) is 15.5 Å². The van der Waals surface area contributed by atoms with E-state index in [0.717, 1.165) is 12.1 Å². The van der Waals surface area contributed by atoms with E-state index in [9.17, 15) is 17.6 Å². The molecule has 0 spiro atoms. The van der Waals surface area contributed by atoms with Crippen molar-refractivity contribution in [3.63, 3.8) is 0 Å². The largest absolute Gasteiger partial charge is 0.416 e. The van der Waals surface area contributed by atoms with Crippen LogP contribution < -0.4 is 5.32 Å². The first kappa shape index (κ1) is 17.5. The van der Waals surface area contributed by atoms with Crippen molar-refractivity contribution in [1.82, 2.24) is 10.2 Å². The van der Waals surface area contributed by atoms with Crippen molar-refractivity contribution in [1.29, 1.82) is 5.26 Å². The number of benzene rings is 2. The molecule has 1 unspecified atom stereocenters. The fourth-order valence-electron chi connectivity index (χ4n) is 2.62. The summed E-state index contributed by atoms with van der Waals surface area (Å²) in [6.45, 7) is 0. The minimum Gasteiger partial charge on any atom is -0.372 e. The maximum atomic E-state index is 14.2. The smallest absolute Gasteiger partial charge is 0.372 e. The highest BCUT2D eigenvalue weighted by Gasteiger charge is 2.35. The molecule has 0 saturated carbocycles. The second-order valence-corrected chi connectivity index (χ2v) is 5.50. The third-order valence-electron chi connectivity index (χ3n) is 3.83. The maximum Gasteiger partial charge on any atom is 0.416 e. The van der Waals surface area contributed by atoms with E-state index in [1.807, 2.05) is 0 Å². The summed E-state index contributed by atoms with van der Waals surface area (Å²) in [5.41, 5.74) is -0.390. The first-order valence-corrected chi connectivity index (χ1v) is 7.51. The highest BCUT2D eigenvalue weighted by molar-refractivity contribution is 5.53. The lowest BCUT2D eigenvalue weighted by Gasteiger charge is -2.23. The third kappa shape index (κ3) is 3.52. The number of rotatable bonds is 4. The fraction of sp³-hybridized carbons (Fsp3) is 0.111. The van der Waals surface area contributed by atoms with E-state index in [0.29, 0.717) is 5.56 Å². The van der Waals surface area contributed by atoms with Gasteiger partial charge < -0.3 is 5.32 Å². The minimum atomic E-state index is -4.57. The van der Waals surface area contributed by atoms with E-state index in [-0.39, 0.29) is 16.8 Å². The number of H-pyrrole nitrogens is 1. The van der Waals surface area contributed by atoms with Crippen LogP contribution in [0.15, 0.2) is 54.9 Å². The van der Waals surface area contributed by atoms with Crippen LogP contribution in [0, 0.1) is 17.1 Å². The van der Waals surface area contributed by atoms with Gasteiger partial charge in [0.2, 0.25) is 0 Å². The number of hydrogen-bond acceptors (Lipinski definition) is 3. The van der Waals surface area contributed by atoms with E-state index in [4.69, 9.17) is 5.26 Å². The van der Waals surface area contributed by atoms with Gasteiger partial charge in [0.25, 0.3) is 0 Å². The van der Waals surface area contributed by atoms with Crippen molar-refractivity contribution < 1.29 is 17.6 Å². The van der Waals surface area contributed by atoms with Crippen LogP contribution in [0.5, 0.6) is 0 Å². The van der Waals surface area contributed by atoms with Crippen LogP contribution in [0.4, 0.5) is 23.2 Å².